The molecular formula is C17H21NO5. The fraction of sp³-hybridized carbons (Fsp3) is 0.471. The van der Waals surface area contributed by atoms with Crippen molar-refractivity contribution in [2.24, 2.45) is 0 Å². The van der Waals surface area contributed by atoms with Gasteiger partial charge in [-0.1, -0.05) is 25.8 Å². The lowest BCUT2D eigenvalue weighted by Gasteiger charge is -2.14. The maximum atomic E-state index is 11.8. The van der Waals surface area contributed by atoms with E-state index in [2.05, 4.69) is 5.32 Å². The van der Waals surface area contributed by atoms with Gasteiger partial charge in [-0.15, -0.1) is 0 Å². The molecule has 2 N–H and O–H groups in total. The normalized spacial score (nSPS) is 14.2. The molecule has 1 aromatic carbocycles. The Morgan fingerprint density at radius 3 is 2.83 bits per heavy atom. The summed E-state index contributed by atoms with van der Waals surface area (Å²) in [6.07, 6.45) is 3.24. The number of hydrogen-bond donors (Lipinski definition) is 2. The number of amides is 1. The van der Waals surface area contributed by atoms with Gasteiger partial charge in [0.1, 0.15) is 11.8 Å². The number of rotatable bonds is 8. The predicted octanol–water partition coefficient (Wildman–Crippen LogP) is 1.95. The fourth-order valence-corrected chi connectivity index (χ4v) is 2.56. The van der Waals surface area contributed by atoms with Crippen molar-refractivity contribution in [3.63, 3.8) is 0 Å². The molecule has 0 saturated heterocycles. The highest BCUT2D eigenvalue weighted by Crippen LogP contribution is 2.26. The second-order valence-corrected chi connectivity index (χ2v) is 5.63. The number of nitrogens with one attached hydrogen (secondary N) is 1. The topological polar surface area (TPSA) is 92.7 Å². The molecule has 0 radical (unpaired) electrons. The summed E-state index contributed by atoms with van der Waals surface area (Å²) in [7, 11) is 0. The summed E-state index contributed by atoms with van der Waals surface area (Å²) < 4.78 is 5.37. The molecule has 0 bridgehead atoms. The van der Waals surface area contributed by atoms with Crippen LogP contribution in [-0.2, 0) is 16.0 Å². The number of Topliss-reactive ketones (excluding diaryl/α,β-unsaturated/α-hetero) is 1. The van der Waals surface area contributed by atoms with Crippen LogP contribution in [0.25, 0.3) is 0 Å². The second-order valence-electron chi connectivity index (χ2n) is 5.63. The van der Waals surface area contributed by atoms with E-state index >= 15 is 0 Å². The van der Waals surface area contributed by atoms with Crippen molar-refractivity contribution < 1.29 is 24.2 Å². The van der Waals surface area contributed by atoms with Gasteiger partial charge in [-0.2, -0.15) is 0 Å². The molecule has 0 aliphatic heterocycles. The zero-order valence-electron chi connectivity index (χ0n) is 13.1. The highest BCUT2D eigenvalue weighted by Gasteiger charge is 2.21. The van der Waals surface area contributed by atoms with Crippen LogP contribution < -0.4 is 10.1 Å². The zero-order valence-corrected chi connectivity index (χ0v) is 13.1. The third-order valence-electron chi connectivity index (χ3n) is 3.85. The van der Waals surface area contributed by atoms with Gasteiger partial charge >= 0.3 is 5.97 Å². The number of ketones is 1. The molecule has 6 heteroatoms. The number of ether oxygens (including phenoxy) is 1. The van der Waals surface area contributed by atoms with Gasteiger partial charge in [0, 0.05) is 12.0 Å². The highest BCUT2D eigenvalue weighted by atomic mass is 16.5. The van der Waals surface area contributed by atoms with Gasteiger partial charge in [-0.25, -0.2) is 4.79 Å². The Bertz CT molecular complexity index is 611. The van der Waals surface area contributed by atoms with E-state index in [4.69, 9.17) is 9.84 Å². The Hall–Kier alpha value is -2.37. The maximum absolute atomic E-state index is 11.8. The Kier molecular flexibility index (Phi) is 5.73. The molecule has 1 aromatic rings. The van der Waals surface area contributed by atoms with Crippen LogP contribution in [0.3, 0.4) is 0 Å². The van der Waals surface area contributed by atoms with Gasteiger partial charge in [0.25, 0.3) is 5.91 Å². The van der Waals surface area contributed by atoms with Crippen molar-refractivity contribution in [1.29, 1.82) is 0 Å². The first-order valence-corrected chi connectivity index (χ1v) is 7.82. The molecule has 1 amide bonds. The van der Waals surface area contributed by atoms with Crippen molar-refractivity contribution in [3.8, 4) is 5.75 Å². The highest BCUT2D eigenvalue weighted by molar-refractivity contribution is 6.00. The molecule has 0 spiro atoms. The molecule has 2 rings (SSSR count). The first-order valence-electron chi connectivity index (χ1n) is 7.82. The van der Waals surface area contributed by atoms with E-state index in [1.165, 1.54) is 0 Å². The van der Waals surface area contributed by atoms with Gasteiger partial charge < -0.3 is 15.2 Å². The largest absolute Gasteiger partial charge is 0.484 e. The molecule has 0 heterocycles. The fourth-order valence-electron chi connectivity index (χ4n) is 2.56. The average molecular weight is 319 g/mol. The van der Waals surface area contributed by atoms with E-state index in [0.717, 1.165) is 24.8 Å². The van der Waals surface area contributed by atoms with E-state index in [9.17, 15) is 14.4 Å². The Morgan fingerprint density at radius 1 is 1.35 bits per heavy atom. The van der Waals surface area contributed by atoms with Crippen LogP contribution in [0, 0.1) is 0 Å². The van der Waals surface area contributed by atoms with Crippen molar-refractivity contribution in [2.75, 3.05) is 6.61 Å². The average Bonchev–Trinajstić information content (AvgIpc) is 2.90. The van der Waals surface area contributed by atoms with Crippen LogP contribution in [0.1, 0.15) is 48.5 Å². The summed E-state index contributed by atoms with van der Waals surface area (Å²) in [6.45, 7) is 1.68. The lowest BCUT2D eigenvalue weighted by Crippen LogP contribution is -2.42. The zero-order chi connectivity index (χ0) is 16.8. The van der Waals surface area contributed by atoms with Crippen molar-refractivity contribution in [3.05, 3.63) is 29.3 Å². The molecule has 1 aliphatic rings. The summed E-state index contributed by atoms with van der Waals surface area (Å²) in [5.74, 6) is -1.01. The lowest BCUT2D eigenvalue weighted by atomic mass is 10.1. The Balaban J connectivity index is 1.88. The lowest BCUT2D eigenvalue weighted by molar-refractivity contribution is -0.142. The van der Waals surface area contributed by atoms with Gasteiger partial charge in [-0.05, 0) is 30.5 Å². The third-order valence-corrected chi connectivity index (χ3v) is 3.85. The van der Waals surface area contributed by atoms with Crippen LogP contribution in [0.15, 0.2) is 18.2 Å². The Labute approximate surface area is 134 Å². The predicted molar refractivity (Wildman–Crippen MR) is 83.7 cm³/mol. The standard InChI is InChI=1S/C17H21NO5/c1-2-3-4-14(17(21)22)18-16(20)10-23-12-7-5-11-6-8-15(19)13(11)9-12/h5,7,9,14H,2-4,6,8,10H2,1H3,(H,18,20)(H,21,22)/t14-/m0/s1. The summed E-state index contributed by atoms with van der Waals surface area (Å²) >= 11 is 0. The quantitative estimate of drug-likeness (QED) is 0.764. The van der Waals surface area contributed by atoms with Crippen LogP contribution >= 0.6 is 0 Å². The molecule has 1 atom stereocenters. The number of benzene rings is 1. The van der Waals surface area contributed by atoms with Crippen molar-refractivity contribution in [1.82, 2.24) is 5.32 Å². The number of unbranched alkanes of at least 4 members (excludes halogenated alkanes) is 1. The smallest absolute Gasteiger partial charge is 0.326 e. The number of aryl methyl sites for hydroxylation is 1. The summed E-state index contributed by atoms with van der Waals surface area (Å²) in [5.41, 5.74) is 1.64. The van der Waals surface area contributed by atoms with E-state index < -0.39 is 17.9 Å². The van der Waals surface area contributed by atoms with E-state index in [1.807, 2.05) is 13.0 Å². The number of carboxylic acid groups (broad SMARTS) is 1. The summed E-state index contributed by atoms with van der Waals surface area (Å²) in [6, 6.07) is 4.29. The molecule has 0 saturated carbocycles. The Morgan fingerprint density at radius 2 is 2.13 bits per heavy atom. The van der Waals surface area contributed by atoms with Gasteiger partial charge in [0.05, 0.1) is 0 Å². The number of hydrogen-bond acceptors (Lipinski definition) is 4. The monoisotopic (exact) mass is 319 g/mol. The number of aliphatic carboxylic acids is 1. The number of carbonyl (C=O) groups is 3. The minimum atomic E-state index is -1.05. The SMILES string of the molecule is CCCC[C@H](NC(=O)COc1ccc2c(c1)C(=O)CC2)C(=O)O. The first kappa shape index (κ1) is 17.0. The molecule has 0 unspecified atom stereocenters. The van der Waals surface area contributed by atoms with Crippen LogP contribution in [0.5, 0.6) is 5.75 Å². The molecule has 0 aromatic heterocycles. The first-order chi connectivity index (χ1) is 11.0. The molecule has 6 nitrogen and oxygen atoms in total. The van der Waals surface area contributed by atoms with E-state index in [0.29, 0.717) is 24.2 Å². The minimum Gasteiger partial charge on any atom is -0.484 e. The molecule has 1 aliphatic carbocycles. The van der Waals surface area contributed by atoms with Crippen molar-refractivity contribution >= 4 is 17.7 Å². The van der Waals surface area contributed by atoms with E-state index in [-0.39, 0.29) is 12.4 Å². The number of fused-ring (bicyclic) bond motifs is 1. The van der Waals surface area contributed by atoms with E-state index in [1.54, 1.807) is 12.1 Å². The number of carboxylic acids is 1. The van der Waals surface area contributed by atoms with Crippen molar-refractivity contribution in [2.45, 2.75) is 45.1 Å². The number of carbonyl (C=O) groups excluding carboxylic acids is 2. The molecule has 124 valence electrons. The van der Waals surface area contributed by atoms with Crippen LogP contribution in [0.4, 0.5) is 0 Å². The molecule has 23 heavy (non-hydrogen) atoms. The minimum absolute atomic E-state index is 0.0837. The third kappa shape index (κ3) is 4.55. The van der Waals surface area contributed by atoms with Crippen LogP contribution in [0.2, 0.25) is 0 Å². The van der Waals surface area contributed by atoms with Crippen LogP contribution in [-0.4, -0.2) is 35.4 Å². The second kappa shape index (κ2) is 7.76. The molecule has 0 fully saturated rings. The maximum Gasteiger partial charge on any atom is 0.326 e. The van der Waals surface area contributed by atoms with Gasteiger partial charge in [-0.3, -0.25) is 9.59 Å². The molecular weight excluding hydrogens is 298 g/mol. The summed E-state index contributed by atoms with van der Waals surface area (Å²) in [4.78, 5) is 34.6. The van der Waals surface area contributed by atoms with Gasteiger partial charge in [0.15, 0.2) is 12.4 Å². The summed E-state index contributed by atoms with van der Waals surface area (Å²) in [5, 5.41) is 11.5. The van der Waals surface area contributed by atoms with Gasteiger partial charge in [0.2, 0.25) is 0 Å².